The van der Waals surface area contributed by atoms with Crippen LogP contribution in [-0.2, 0) is 0 Å². The van der Waals surface area contributed by atoms with Crippen molar-refractivity contribution in [3.8, 4) is 11.5 Å². The summed E-state index contributed by atoms with van der Waals surface area (Å²) < 4.78 is 5.17. The number of nitrogens with two attached hydrogens (primary N) is 1. The molecule has 98 valence electrons. The molecule has 5 heteroatoms. The Morgan fingerprint density at radius 2 is 2.00 bits per heavy atom. The molecular weight excluding hydrogens is 242 g/mol. The van der Waals surface area contributed by atoms with Gasteiger partial charge in [0.1, 0.15) is 11.5 Å². The van der Waals surface area contributed by atoms with Gasteiger partial charge >= 0.3 is 0 Å². The molecule has 0 fully saturated rings. The second-order valence-electron chi connectivity index (χ2n) is 4.55. The van der Waals surface area contributed by atoms with Gasteiger partial charge in [0.05, 0.1) is 7.11 Å². The quantitative estimate of drug-likeness (QED) is 0.773. The minimum atomic E-state index is -0.440. The third-order valence-electron chi connectivity index (χ3n) is 2.80. The number of phenols is 1. The second kappa shape index (κ2) is 6.10. The monoisotopic (exact) mass is 261 g/mol. The first kappa shape index (κ1) is 16.0. The van der Waals surface area contributed by atoms with Crippen LogP contribution in [0, 0.1) is 5.41 Å². The number of phenolic OH excluding ortho intramolecular Hbond substituents is 1. The predicted octanol–water partition coefficient (Wildman–Crippen LogP) is 1.84. The van der Waals surface area contributed by atoms with E-state index >= 15 is 0 Å². The number of methoxy groups -OCH3 is 1. The van der Waals surface area contributed by atoms with Gasteiger partial charge in [-0.15, -0.1) is 12.4 Å². The highest BCUT2D eigenvalue weighted by molar-refractivity contribution is 5.85. The SMILES string of the molecule is COc1cc(O)ccc1[C@H](N)C(C)(C)CO.Cl. The third kappa shape index (κ3) is 3.49. The number of rotatable bonds is 4. The lowest BCUT2D eigenvalue weighted by Gasteiger charge is -2.30. The second-order valence-corrected chi connectivity index (χ2v) is 4.55. The van der Waals surface area contributed by atoms with E-state index in [1.54, 1.807) is 12.1 Å². The maximum absolute atomic E-state index is 9.34. The van der Waals surface area contributed by atoms with Crippen LogP contribution in [-0.4, -0.2) is 23.9 Å². The molecule has 1 aromatic carbocycles. The molecule has 17 heavy (non-hydrogen) atoms. The zero-order valence-corrected chi connectivity index (χ0v) is 11.1. The lowest BCUT2D eigenvalue weighted by Crippen LogP contribution is -2.32. The molecule has 0 aromatic heterocycles. The summed E-state index contributed by atoms with van der Waals surface area (Å²) in [7, 11) is 1.52. The number of aromatic hydroxyl groups is 1. The van der Waals surface area contributed by atoms with Gasteiger partial charge in [-0.1, -0.05) is 19.9 Å². The fraction of sp³-hybridized carbons (Fsp3) is 0.500. The van der Waals surface area contributed by atoms with Crippen LogP contribution in [0.25, 0.3) is 0 Å². The van der Waals surface area contributed by atoms with Crippen molar-refractivity contribution in [2.75, 3.05) is 13.7 Å². The van der Waals surface area contributed by atoms with Gasteiger partial charge in [0, 0.05) is 29.7 Å². The molecule has 4 nitrogen and oxygen atoms in total. The topological polar surface area (TPSA) is 75.7 Å². The van der Waals surface area contributed by atoms with E-state index in [4.69, 9.17) is 10.5 Å². The summed E-state index contributed by atoms with van der Waals surface area (Å²) in [5, 5.41) is 18.6. The molecule has 0 saturated heterocycles. The van der Waals surface area contributed by atoms with E-state index in [1.807, 2.05) is 13.8 Å². The molecule has 0 amide bonds. The van der Waals surface area contributed by atoms with Crippen molar-refractivity contribution in [3.05, 3.63) is 23.8 Å². The van der Waals surface area contributed by atoms with Crippen molar-refractivity contribution in [2.24, 2.45) is 11.1 Å². The Hall–Kier alpha value is -0.970. The molecule has 1 aromatic rings. The summed E-state index contributed by atoms with van der Waals surface area (Å²) in [6.07, 6.45) is 0. The first-order valence-corrected chi connectivity index (χ1v) is 5.15. The number of hydrogen-bond acceptors (Lipinski definition) is 4. The molecule has 1 rings (SSSR count). The van der Waals surface area contributed by atoms with Crippen LogP contribution < -0.4 is 10.5 Å². The van der Waals surface area contributed by atoms with Gasteiger partial charge in [0.15, 0.2) is 0 Å². The zero-order chi connectivity index (χ0) is 12.3. The van der Waals surface area contributed by atoms with Crippen LogP contribution in [0.1, 0.15) is 25.5 Å². The molecule has 0 bridgehead atoms. The summed E-state index contributed by atoms with van der Waals surface area (Å²) in [6.45, 7) is 3.74. The number of benzene rings is 1. The molecule has 0 aliphatic carbocycles. The highest BCUT2D eigenvalue weighted by atomic mass is 35.5. The van der Waals surface area contributed by atoms with Gasteiger partial charge in [-0.3, -0.25) is 0 Å². The average Bonchev–Trinajstić information content (AvgIpc) is 2.27. The number of halogens is 1. The van der Waals surface area contributed by atoms with Crippen molar-refractivity contribution < 1.29 is 14.9 Å². The lowest BCUT2D eigenvalue weighted by atomic mass is 9.81. The largest absolute Gasteiger partial charge is 0.508 e. The van der Waals surface area contributed by atoms with E-state index in [1.165, 1.54) is 13.2 Å². The van der Waals surface area contributed by atoms with E-state index in [0.717, 1.165) is 5.56 Å². The highest BCUT2D eigenvalue weighted by Crippen LogP contribution is 2.36. The van der Waals surface area contributed by atoms with Crippen LogP contribution in [0.3, 0.4) is 0 Å². The normalized spacial score (nSPS) is 12.8. The maximum Gasteiger partial charge on any atom is 0.127 e. The molecule has 0 radical (unpaired) electrons. The number of aliphatic hydroxyl groups is 1. The summed E-state index contributed by atoms with van der Waals surface area (Å²) in [5.74, 6) is 0.670. The van der Waals surface area contributed by atoms with Crippen molar-refractivity contribution in [1.29, 1.82) is 0 Å². The van der Waals surface area contributed by atoms with Crippen molar-refractivity contribution in [2.45, 2.75) is 19.9 Å². The summed E-state index contributed by atoms with van der Waals surface area (Å²) in [6, 6.07) is 4.44. The molecule has 0 spiro atoms. The highest BCUT2D eigenvalue weighted by Gasteiger charge is 2.29. The van der Waals surface area contributed by atoms with Crippen LogP contribution in [0.2, 0.25) is 0 Å². The van der Waals surface area contributed by atoms with Crippen LogP contribution in [0.15, 0.2) is 18.2 Å². The molecule has 4 N–H and O–H groups in total. The molecule has 0 saturated carbocycles. The predicted molar refractivity (Wildman–Crippen MR) is 69.7 cm³/mol. The Balaban J connectivity index is 0.00000256. The molecule has 1 atom stereocenters. The van der Waals surface area contributed by atoms with Crippen molar-refractivity contribution in [1.82, 2.24) is 0 Å². The van der Waals surface area contributed by atoms with Gasteiger partial charge in [0.2, 0.25) is 0 Å². The van der Waals surface area contributed by atoms with Gasteiger partial charge in [-0.25, -0.2) is 0 Å². The molecule has 0 aliphatic heterocycles. The van der Waals surface area contributed by atoms with Gasteiger partial charge in [-0.05, 0) is 6.07 Å². The minimum absolute atomic E-state index is 0. The number of aliphatic hydroxyl groups excluding tert-OH is 1. The van der Waals surface area contributed by atoms with E-state index in [0.29, 0.717) is 5.75 Å². The van der Waals surface area contributed by atoms with Gasteiger partial charge < -0.3 is 20.7 Å². The molecular formula is C12H20ClNO3. The number of hydrogen-bond donors (Lipinski definition) is 3. The minimum Gasteiger partial charge on any atom is -0.508 e. The van der Waals surface area contributed by atoms with Crippen molar-refractivity contribution in [3.63, 3.8) is 0 Å². The molecule has 0 aliphatic rings. The smallest absolute Gasteiger partial charge is 0.127 e. The first-order chi connectivity index (χ1) is 7.42. The summed E-state index contributed by atoms with van der Waals surface area (Å²) in [5.41, 5.74) is 6.43. The Kier molecular flexibility index (Phi) is 5.75. The maximum atomic E-state index is 9.34. The van der Waals surface area contributed by atoms with Crippen LogP contribution in [0.5, 0.6) is 11.5 Å². The molecule has 0 unspecified atom stereocenters. The summed E-state index contributed by atoms with van der Waals surface area (Å²) in [4.78, 5) is 0. The van der Waals surface area contributed by atoms with Crippen molar-refractivity contribution >= 4 is 12.4 Å². The Morgan fingerprint density at radius 3 is 2.47 bits per heavy atom. The number of ether oxygens (including phenoxy) is 1. The zero-order valence-electron chi connectivity index (χ0n) is 10.3. The van der Waals surface area contributed by atoms with Gasteiger partial charge in [0.25, 0.3) is 0 Å². The Labute approximate surface area is 108 Å². The van der Waals surface area contributed by atoms with E-state index in [2.05, 4.69) is 0 Å². The van der Waals surface area contributed by atoms with Crippen LogP contribution in [0.4, 0.5) is 0 Å². The molecule has 0 heterocycles. The first-order valence-electron chi connectivity index (χ1n) is 5.15. The van der Waals surface area contributed by atoms with E-state index in [-0.39, 0.29) is 30.8 Å². The third-order valence-corrected chi connectivity index (χ3v) is 2.80. The average molecular weight is 262 g/mol. The lowest BCUT2D eigenvalue weighted by molar-refractivity contribution is 0.131. The Bertz CT molecular complexity index is 369. The van der Waals surface area contributed by atoms with E-state index in [9.17, 15) is 10.2 Å². The van der Waals surface area contributed by atoms with Gasteiger partial charge in [-0.2, -0.15) is 0 Å². The van der Waals surface area contributed by atoms with Crippen LogP contribution >= 0.6 is 12.4 Å². The Morgan fingerprint density at radius 1 is 1.41 bits per heavy atom. The fourth-order valence-electron chi connectivity index (χ4n) is 1.48. The van der Waals surface area contributed by atoms with E-state index < -0.39 is 5.41 Å². The summed E-state index contributed by atoms with van der Waals surface area (Å²) >= 11 is 0. The standard InChI is InChI=1S/C12H19NO3.ClH/c1-12(2,7-14)11(13)9-5-4-8(15)6-10(9)16-3;/h4-6,11,14-15H,7,13H2,1-3H3;1H/t11-;/m0./s1. The fourth-order valence-corrected chi connectivity index (χ4v) is 1.48.